The van der Waals surface area contributed by atoms with Crippen molar-refractivity contribution in [1.29, 1.82) is 0 Å². The molecule has 2 fully saturated rings. The van der Waals surface area contributed by atoms with Gasteiger partial charge in [-0.15, -0.1) is 0 Å². The van der Waals surface area contributed by atoms with Crippen LogP contribution in [0.3, 0.4) is 0 Å². The highest BCUT2D eigenvalue weighted by molar-refractivity contribution is 5.83. The molecular formula is C19H28N8O5. The SMILES string of the molecule is CCNC(=O)[C@H]1O[C@@H](n2cnc3c(N)nc(CN4CCN(C(C)=O)CC4)nc32)C(O)[C@H]1O. The fourth-order valence-corrected chi connectivity index (χ4v) is 4.04. The van der Waals surface area contributed by atoms with Gasteiger partial charge >= 0.3 is 0 Å². The third-order valence-electron chi connectivity index (χ3n) is 5.80. The topological polar surface area (TPSA) is 172 Å². The summed E-state index contributed by atoms with van der Waals surface area (Å²) in [5, 5.41) is 23.4. The Labute approximate surface area is 184 Å². The molecule has 0 aromatic carbocycles. The lowest BCUT2D eigenvalue weighted by Crippen LogP contribution is -2.47. The van der Waals surface area contributed by atoms with Crippen molar-refractivity contribution in [3.8, 4) is 0 Å². The van der Waals surface area contributed by atoms with Crippen LogP contribution in [-0.4, -0.2) is 102 Å². The minimum absolute atomic E-state index is 0.0543. The fraction of sp³-hybridized carbons (Fsp3) is 0.632. The molecule has 0 spiro atoms. The van der Waals surface area contributed by atoms with Gasteiger partial charge in [0.15, 0.2) is 23.8 Å². The molecule has 5 N–H and O–H groups in total. The van der Waals surface area contributed by atoms with Crippen LogP contribution in [0.1, 0.15) is 25.9 Å². The molecule has 2 aliphatic rings. The Balaban J connectivity index is 1.56. The van der Waals surface area contributed by atoms with Crippen molar-refractivity contribution in [2.75, 3.05) is 38.5 Å². The Kier molecular flexibility index (Phi) is 6.24. The van der Waals surface area contributed by atoms with Crippen molar-refractivity contribution in [1.82, 2.24) is 34.6 Å². The van der Waals surface area contributed by atoms with E-state index in [4.69, 9.17) is 10.5 Å². The van der Waals surface area contributed by atoms with Gasteiger partial charge in [-0.25, -0.2) is 15.0 Å². The van der Waals surface area contributed by atoms with Gasteiger partial charge in [0.1, 0.15) is 23.5 Å². The summed E-state index contributed by atoms with van der Waals surface area (Å²) in [4.78, 5) is 40.7. The van der Waals surface area contributed by atoms with E-state index in [-0.39, 0.29) is 11.7 Å². The number of carbonyl (C=O) groups is 2. The number of nitrogens with two attached hydrogens (primary N) is 1. The number of anilines is 1. The zero-order chi connectivity index (χ0) is 23.0. The summed E-state index contributed by atoms with van der Waals surface area (Å²) in [6.45, 7) is 6.73. The highest BCUT2D eigenvalue weighted by Gasteiger charge is 2.47. The third-order valence-corrected chi connectivity index (χ3v) is 5.80. The summed E-state index contributed by atoms with van der Waals surface area (Å²) >= 11 is 0. The van der Waals surface area contributed by atoms with E-state index in [9.17, 15) is 19.8 Å². The molecule has 13 heteroatoms. The van der Waals surface area contributed by atoms with Gasteiger partial charge < -0.3 is 30.9 Å². The smallest absolute Gasteiger partial charge is 0.252 e. The Morgan fingerprint density at radius 2 is 1.94 bits per heavy atom. The number of aliphatic hydroxyl groups excluding tert-OH is 2. The lowest BCUT2D eigenvalue weighted by atomic mass is 10.1. The molecule has 2 aromatic heterocycles. The second kappa shape index (κ2) is 8.94. The van der Waals surface area contributed by atoms with Crippen LogP contribution >= 0.6 is 0 Å². The van der Waals surface area contributed by atoms with Gasteiger partial charge in [-0.05, 0) is 6.92 Å². The molecule has 2 amide bonds. The number of aromatic nitrogens is 4. The number of nitrogen functional groups attached to an aromatic ring is 1. The lowest BCUT2D eigenvalue weighted by Gasteiger charge is -2.33. The normalized spacial score (nSPS) is 26.6. The van der Waals surface area contributed by atoms with Crippen molar-refractivity contribution >= 4 is 28.8 Å². The average molecular weight is 448 g/mol. The number of aliphatic hydroxyl groups is 2. The van der Waals surface area contributed by atoms with E-state index in [1.165, 1.54) is 10.9 Å². The number of ether oxygens (including phenoxy) is 1. The minimum atomic E-state index is -1.40. The average Bonchev–Trinajstić information content (AvgIpc) is 3.30. The van der Waals surface area contributed by atoms with E-state index in [0.29, 0.717) is 56.3 Å². The molecule has 4 rings (SSSR count). The van der Waals surface area contributed by atoms with Gasteiger partial charge in [-0.1, -0.05) is 0 Å². The van der Waals surface area contributed by atoms with Crippen molar-refractivity contribution in [3.63, 3.8) is 0 Å². The van der Waals surface area contributed by atoms with E-state index in [0.717, 1.165) is 0 Å². The molecule has 2 aromatic rings. The maximum Gasteiger partial charge on any atom is 0.252 e. The number of amides is 2. The minimum Gasteiger partial charge on any atom is -0.387 e. The number of likely N-dealkylation sites (N-methyl/N-ethyl adjacent to an activating group) is 1. The first kappa shape index (κ1) is 22.3. The summed E-state index contributed by atoms with van der Waals surface area (Å²) in [5.74, 6) is 0.185. The Bertz CT molecular complexity index is 1010. The van der Waals surface area contributed by atoms with Gasteiger partial charge in [-0.3, -0.25) is 19.1 Å². The first-order valence-electron chi connectivity index (χ1n) is 10.6. The van der Waals surface area contributed by atoms with Gasteiger partial charge in [0.2, 0.25) is 5.91 Å². The van der Waals surface area contributed by atoms with Crippen molar-refractivity contribution in [3.05, 3.63) is 12.2 Å². The number of rotatable bonds is 5. The van der Waals surface area contributed by atoms with Crippen LogP contribution in [0.15, 0.2) is 6.33 Å². The van der Waals surface area contributed by atoms with Crippen molar-refractivity contribution < 1.29 is 24.5 Å². The summed E-state index contributed by atoms with van der Waals surface area (Å²) in [7, 11) is 0. The predicted molar refractivity (Wildman–Crippen MR) is 112 cm³/mol. The first-order valence-corrected chi connectivity index (χ1v) is 10.6. The van der Waals surface area contributed by atoms with E-state index in [1.54, 1.807) is 18.7 Å². The lowest BCUT2D eigenvalue weighted by molar-refractivity contribution is -0.137. The molecule has 0 aliphatic carbocycles. The molecule has 2 saturated heterocycles. The highest BCUT2D eigenvalue weighted by atomic mass is 16.6. The van der Waals surface area contributed by atoms with Crippen LogP contribution in [-0.2, 0) is 20.9 Å². The Hall–Kier alpha value is -2.87. The van der Waals surface area contributed by atoms with E-state index in [2.05, 4.69) is 25.2 Å². The number of hydrogen-bond acceptors (Lipinski definition) is 10. The standard InChI is InChI=1S/C19H28N8O5/c1-3-21-18(31)15-13(29)14(30)19(32-15)27-9-22-12-16(20)23-11(24-17(12)27)8-25-4-6-26(7-5-25)10(2)28/h9,13-15,19,29-30H,3-8H2,1-2H3,(H,21,31)(H2,20,23,24)/t13-,14?,15+,19-/m1/s1. The van der Waals surface area contributed by atoms with Crippen LogP contribution in [0.2, 0.25) is 0 Å². The largest absolute Gasteiger partial charge is 0.387 e. The van der Waals surface area contributed by atoms with Crippen molar-refractivity contribution in [2.45, 2.75) is 44.9 Å². The zero-order valence-corrected chi connectivity index (χ0v) is 18.0. The number of carbonyl (C=O) groups excluding carboxylic acids is 2. The molecule has 4 heterocycles. The third kappa shape index (κ3) is 4.11. The quantitative estimate of drug-likeness (QED) is 0.394. The number of piperazine rings is 1. The van der Waals surface area contributed by atoms with Crippen LogP contribution in [0.5, 0.6) is 0 Å². The van der Waals surface area contributed by atoms with Gasteiger partial charge in [0.05, 0.1) is 12.9 Å². The maximum atomic E-state index is 12.2. The summed E-state index contributed by atoms with van der Waals surface area (Å²) in [6, 6.07) is 0. The predicted octanol–water partition coefficient (Wildman–Crippen LogP) is -2.17. The number of imidazole rings is 1. The number of hydrogen-bond donors (Lipinski definition) is 4. The van der Waals surface area contributed by atoms with E-state index >= 15 is 0 Å². The monoisotopic (exact) mass is 448 g/mol. The molecule has 2 aliphatic heterocycles. The molecule has 174 valence electrons. The summed E-state index contributed by atoms with van der Waals surface area (Å²) in [5.41, 5.74) is 6.77. The molecule has 0 saturated carbocycles. The second-order valence-corrected chi connectivity index (χ2v) is 7.95. The van der Waals surface area contributed by atoms with E-state index in [1.807, 2.05) is 0 Å². The zero-order valence-electron chi connectivity index (χ0n) is 18.0. The molecule has 0 radical (unpaired) electrons. The molecule has 4 atom stereocenters. The molecular weight excluding hydrogens is 420 g/mol. The Morgan fingerprint density at radius 3 is 2.59 bits per heavy atom. The van der Waals surface area contributed by atoms with Crippen molar-refractivity contribution in [2.24, 2.45) is 0 Å². The van der Waals surface area contributed by atoms with Crippen LogP contribution in [0, 0.1) is 0 Å². The first-order chi connectivity index (χ1) is 15.3. The summed E-state index contributed by atoms with van der Waals surface area (Å²) < 4.78 is 7.13. The molecule has 13 nitrogen and oxygen atoms in total. The summed E-state index contributed by atoms with van der Waals surface area (Å²) in [6.07, 6.45) is -3.65. The highest BCUT2D eigenvalue weighted by Crippen LogP contribution is 2.32. The van der Waals surface area contributed by atoms with Gasteiger partial charge in [0, 0.05) is 39.6 Å². The van der Waals surface area contributed by atoms with Gasteiger partial charge in [-0.2, -0.15) is 0 Å². The number of nitrogens with one attached hydrogen (secondary N) is 1. The fourth-order valence-electron chi connectivity index (χ4n) is 4.04. The van der Waals surface area contributed by atoms with Crippen LogP contribution in [0.4, 0.5) is 5.82 Å². The molecule has 0 bridgehead atoms. The Morgan fingerprint density at radius 1 is 1.22 bits per heavy atom. The number of nitrogens with zero attached hydrogens (tertiary/aromatic N) is 6. The van der Waals surface area contributed by atoms with Crippen LogP contribution in [0.25, 0.3) is 11.2 Å². The molecule has 1 unspecified atom stereocenters. The molecule has 32 heavy (non-hydrogen) atoms. The van der Waals surface area contributed by atoms with E-state index < -0.39 is 30.4 Å². The maximum absolute atomic E-state index is 12.2. The van der Waals surface area contributed by atoms with Crippen LogP contribution < -0.4 is 11.1 Å². The second-order valence-electron chi connectivity index (χ2n) is 7.95. The number of fused-ring (bicyclic) bond motifs is 1. The van der Waals surface area contributed by atoms with Gasteiger partial charge in [0.25, 0.3) is 5.91 Å².